The molecule has 4 heteroatoms. The molecule has 0 bridgehead atoms. The summed E-state index contributed by atoms with van der Waals surface area (Å²) in [7, 11) is 0. The lowest BCUT2D eigenvalue weighted by molar-refractivity contribution is 0.144. The second kappa shape index (κ2) is 4.38. The lowest BCUT2D eigenvalue weighted by atomic mass is 10.2. The molecule has 0 aliphatic carbocycles. The van der Waals surface area contributed by atoms with E-state index in [1.165, 1.54) is 0 Å². The molecule has 3 nitrogen and oxygen atoms in total. The zero-order valence-electron chi connectivity index (χ0n) is 5.46. The molecule has 0 aromatic heterocycles. The molecule has 0 spiro atoms. The van der Waals surface area contributed by atoms with Crippen LogP contribution in [0.2, 0.25) is 0 Å². The number of carbonyl (C=O) groups excluding carboxylic acids is 1. The number of hydrogen-bond acceptors (Lipinski definition) is 3. The maximum Gasteiger partial charge on any atom is 0.445 e. The molecule has 0 aliphatic rings. The van der Waals surface area contributed by atoms with E-state index >= 15 is 0 Å². The van der Waals surface area contributed by atoms with E-state index in [0.29, 0.717) is 12.5 Å². The summed E-state index contributed by atoms with van der Waals surface area (Å²) in [4.78, 5) is 10.2. The number of ether oxygens (including phenoxy) is 1. The first kappa shape index (κ1) is 8.49. The fraction of sp³-hybridized carbons (Fsp3) is 0.800. The van der Waals surface area contributed by atoms with Gasteiger partial charge in [-0.2, -0.15) is 0 Å². The number of amides is 1. The predicted octanol–water partition coefficient (Wildman–Crippen LogP) is 1.51. The van der Waals surface area contributed by atoms with Crippen LogP contribution in [-0.2, 0) is 17.2 Å². The van der Waals surface area contributed by atoms with Gasteiger partial charge in [-0.15, -0.1) is 4.36 Å². The fourth-order valence-electron chi connectivity index (χ4n) is 0.264. The van der Waals surface area contributed by atoms with Crippen LogP contribution in [0.25, 0.3) is 0 Å². The van der Waals surface area contributed by atoms with Crippen LogP contribution in [0, 0.1) is 5.92 Å². The third-order valence-corrected chi connectivity index (χ3v) is 0.764. The van der Waals surface area contributed by atoms with E-state index in [1.54, 1.807) is 0 Å². The Morgan fingerprint density at radius 3 is 2.67 bits per heavy atom. The Labute approximate surface area is 59.6 Å². The van der Waals surface area contributed by atoms with Gasteiger partial charge in [0.2, 0.25) is 0 Å². The molecule has 1 amide bonds. The highest BCUT2D eigenvalue weighted by Gasteiger charge is 1.99. The number of rotatable bonds is 2. The van der Waals surface area contributed by atoms with Crippen LogP contribution in [-0.4, -0.2) is 12.7 Å². The van der Waals surface area contributed by atoms with Gasteiger partial charge in [-0.05, 0) is 5.92 Å². The molecule has 0 saturated carbocycles. The van der Waals surface area contributed by atoms with Crippen LogP contribution in [0.15, 0.2) is 4.36 Å². The van der Waals surface area contributed by atoms with E-state index in [0.717, 1.165) is 0 Å². The maximum absolute atomic E-state index is 10.2. The van der Waals surface area contributed by atoms with Gasteiger partial charge >= 0.3 is 6.09 Å². The normalized spacial score (nSPS) is 9.22. The predicted molar refractivity (Wildman–Crippen MR) is 36.0 cm³/mol. The van der Waals surface area contributed by atoms with Gasteiger partial charge in [0.15, 0.2) is 0 Å². The van der Waals surface area contributed by atoms with Crippen LogP contribution < -0.4 is 0 Å². The van der Waals surface area contributed by atoms with Gasteiger partial charge in [0.1, 0.15) is 0 Å². The van der Waals surface area contributed by atoms with Crippen molar-refractivity contribution in [2.45, 2.75) is 13.8 Å². The molecule has 0 heterocycles. The van der Waals surface area contributed by atoms with Crippen molar-refractivity contribution in [1.29, 1.82) is 0 Å². The van der Waals surface area contributed by atoms with Crippen molar-refractivity contribution >= 4 is 18.5 Å². The minimum Gasteiger partial charge on any atom is -0.447 e. The Morgan fingerprint density at radius 2 is 2.33 bits per heavy atom. The Balaban J connectivity index is 3.27. The zero-order valence-corrected chi connectivity index (χ0v) is 6.27. The van der Waals surface area contributed by atoms with E-state index in [4.69, 9.17) is 0 Å². The van der Waals surface area contributed by atoms with Crippen molar-refractivity contribution in [3.63, 3.8) is 0 Å². The van der Waals surface area contributed by atoms with Crippen molar-refractivity contribution in [2.75, 3.05) is 6.61 Å². The second-order valence-electron chi connectivity index (χ2n) is 2.06. The quantitative estimate of drug-likeness (QED) is 0.594. The van der Waals surface area contributed by atoms with Crippen LogP contribution in [0.1, 0.15) is 13.8 Å². The molecule has 0 aromatic carbocycles. The molecule has 0 rings (SSSR count). The average Bonchev–Trinajstić information content (AvgIpc) is 1.83. The molecule has 52 valence electrons. The summed E-state index contributed by atoms with van der Waals surface area (Å²) in [6, 6.07) is 0. The lowest BCUT2D eigenvalue weighted by Crippen LogP contribution is -2.05. The minimum absolute atomic E-state index is 0.339. The van der Waals surface area contributed by atoms with Gasteiger partial charge < -0.3 is 4.74 Å². The molecule has 0 atom stereocenters. The molecule has 0 N–H and O–H groups in total. The van der Waals surface area contributed by atoms with E-state index in [-0.39, 0.29) is 0 Å². The monoisotopic (exact) mass is 147 g/mol. The fourth-order valence-corrected chi connectivity index (χ4v) is 0.317. The molecular weight excluding hydrogens is 138 g/mol. The van der Waals surface area contributed by atoms with Crippen molar-refractivity contribution in [3.8, 4) is 0 Å². The molecule has 9 heavy (non-hydrogen) atoms. The third-order valence-electron chi connectivity index (χ3n) is 0.615. The Bertz CT molecular complexity index is 114. The van der Waals surface area contributed by atoms with Gasteiger partial charge in [0.25, 0.3) is 0 Å². The van der Waals surface area contributed by atoms with Gasteiger partial charge in [0, 0.05) is 12.4 Å². The Hall–Kier alpha value is -0.510. The van der Waals surface area contributed by atoms with Crippen molar-refractivity contribution < 1.29 is 9.53 Å². The second-order valence-corrected chi connectivity index (χ2v) is 2.24. The van der Waals surface area contributed by atoms with Crippen LogP contribution in [0.3, 0.4) is 0 Å². The maximum atomic E-state index is 10.2. The van der Waals surface area contributed by atoms with E-state index in [9.17, 15) is 4.79 Å². The molecule has 0 radical (unpaired) electrons. The Morgan fingerprint density at radius 1 is 1.78 bits per heavy atom. The summed E-state index contributed by atoms with van der Waals surface area (Å²) < 4.78 is 7.43. The average molecular weight is 147 g/mol. The van der Waals surface area contributed by atoms with Crippen molar-refractivity contribution in [3.05, 3.63) is 0 Å². The van der Waals surface area contributed by atoms with Crippen molar-refractivity contribution in [1.82, 2.24) is 0 Å². The van der Waals surface area contributed by atoms with Gasteiger partial charge in [-0.1, -0.05) is 13.8 Å². The van der Waals surface area contributed by atoms with Crippen LogP contribution >= 0.6 is 0 Å². The first-order valence-corrected chi connectivity index (χ1v) is 3.03. The van der Waals surface area contributed by atoms with Crippen LogP contribution in [0.4, 0.5) is 4.79 Å². The van der Waals surface area contributed by atoms with E-state index < -0.39 is 6.09 Å². The highest BCUT2D eigenvalue weighted by atomic mass is 32.1. The minimum atomic E-state index is -0.668. The molecule has 0 saturated heterocycles. The summed E-state index contributed by atoms with van der Waals surface area (Å²) in [5.74, 6) is 0.339. The van der Waals surface area contributed by atoms with Gasteiger partial charge in [-0.3, -0.25) is 0 Å². The highest BCUT2D eigenvalue weighted by Crippen LogP contribution is 1.93. The molecule has 0 fully saturated rings. The standard InChI is InChI=1S/C5H9NO2S/c1-4(2)3-8-5(7)6-9/h4H,3H2,1-2H3. The number of nitrogens with zero attached hydrogens (tertiary/aromatic N) is 1. The molecule has 0 aliphatic heterocycles. The van der Waals surface area contributed by atoms with E-state index in [1.807, 2.05) is 13.8 Å². The van der Waals surface area contributed by atoms with E-state index in [2.05, 4.69) is 21.5 Å². The smallest absolute Gasteiger partial charge is 0.445 e. The third kappa shape index (κ3) is 5.36. The highest BCUT2D eigenvalue weighted by molar-refractivity contribution is 7.47. The summed E-state index contributed by atoms with van der Waals surface area (Å²) in [6.45, 7) is 4.27. The zero-order chi connectivity index (χ0) is 7.28. The molecule has 0 unspecified atom stereocenters. The number of carbonyl (C=O) groups is 1. The molecule has 0 aromatic rings. The lowest BCUT2D eigenvalue weighted by Gasteiger charge is -2.01. The topological polar surface area (TPSA) is 38.7 Å². The SMILES string of the molecule is CC(C)COC(=O)N=S. The first-order chi connectivity index (χ1) is 4.16. The summed E-state index contributed by atoms with van der Waals surface area (Å²) in [6.07, 6.45) is -0.668. The summed E-state index contributed by atoms with van der Waals surface area (Å²) in [5.41, 5.74) is 0. The summed E-state index contributed by atoms with van der Waals surface area (Å²) >= 11 is 4.08. The molecular formula is C5H9NO2S. The Kier molecular flexibility index (Phi) is 4.13. The largest absolute Gasteiger partial charge is 0.447 e. The van der Waals surface area contributed by atoms with Gasteiger partial charge in [0.05, 0.1) is 6.61 Å². The summed E-state index contributed by atoms with van der Waals surface area (Å²) in [5, 5.41) is 0. The number of hydrogen-bond donors (Lipinski definition) is 0. The first-order valence-electron chi connectivity index (χ1n) is 2.67. The van der Waals surface area contributed by atoms with Crippen LogP contribution in [0.5, 0.6) is 0 Å². The van der Waals surface area contributed by atoms with Gasteiger partial charge in [-0.25, -0.2) is 4.79 Å². The van der Waals surface area contributed by atoms with Crippen molar-refractivity contribution in [2.24, 2.45) is 10.3 Å².